The van der Waals surface area contributed by atoms with Crippen LogP contribution in [0.15, 0.2) is 30.6 Å². The molecule has 0 radical (unpaired) electrons. The molecule has 3 aliphatic rings. The highest BCUT2D eigenvalue weighted by atomic mass is 16.3. The van der Waals surface area contributed by atoms with Gasteiger partial charge in [0.1, 0.15) is 5.69 Å². The zero-order chi connectivity index (χ0) is 22.1. The molecule has 1 saturated heterocycles. The Balaban J connectivity index is 1.36. The molecule has 3 aromatic rings. The molecular formula is C23H24N6O3. The van der Waals surface area contributed by atoms with E-state index >= 15 is 0 Å². The standard InChI is InChI=1S/C23H24N6O3/c1-12(13-2-3-13)28-8-15-6-14(4-5-17(15)22(28)31)19-7-25-21-20(24)26-18(11-29(19)21)23(32)27-9-16(30)10-27/h4-7,11-13,16,30H,2-3,8-10H2,1H3,(H2,24,26)/t12-/m0/s1. The Hall–Kier alpha value is -3.46. The number of carbonyl (C=O) groups excluding carboxylic acids is 2. The van der Waals surface area contributed by atoms with Gasteiger partial charge in [-0.25, -0.2) is 9.97 Å². The molecule has 0 unspecified atom stereocenters. The molecule has 0 spiro atoms. The lowest BCUT2D eigenvalue weighted by Gasteiger charge is -2.35. The zero-order valence-electron chi connectivity index (χ0n) is 17.7. The van der Waals surface area contributed by atoms with E-state index in [1.165, 1.54) is 17.7 Å². The largest absolute Gasteiger partial charge is 0.389 e. The average molecular weight is 432 g/mol. The summed E-state index contributed by atoms with van der Waals surface area (Å²) in [5, 5.41) is 9.50. The molecule has 164 valence electrons. The molecule has 9 heteroatoms. The number of imidazole rings is 1. The minimum absolute atomic E-state index is 0.0992. The van der Waals surface area contributed by atoms with E-state index < -0.39 is 6.10 Å². The fourth-order valence-electron chi connectivity index (χ4n) is 4.78. The second-order valence-corrected chi connectivity index (χ2v) is 9.10. The van der Waals surface area contributed by atoms with Gasteiger partial charge in [-0.05, 0) is 43.4 Å². The van der Waals surface area contributed by atoms with Gasteiger partial charge in [-0.2, -0.15) is 0 Å². The number of nitrogen functional groups attached to an aromatic ring is 1. The average Bonchev–Trinajstić information content (AvgIpc) is 3.44. The summed E-state index contributed by atoms with van der Waals surface area (Å²) in [6.07, 6.45) is 5.25. The smallest absolute Gasteiger partial charge is 0.274 e. The molecule has 1 saturated carbocycles. The normalized spacial score (nSPS) is 19.4. The van der Waals surface area contributed by atoms with Crippen LogP contribution in [-0.4, -0.2) is 66.3 Å². The van der Waals surface area contributed by atoms with Crippen LogP contribution in [0.25, 0.3) is 16.9 Å². The van der Waals surface area contributed by atoms with Crippen molar-refractivity contribution in [3.8, 4) is 11.3 Å². The van der Waals surface area contributed by atoms with Crippen LogP contribution >= 0.6 is 0 Å². The van der Waals surface area contributed by atoms with Gasteiger partial charge in [0, 0.05) is 43.0 Å². The van der Waals surface area contributed by atoms with Crippen LogP contribution in [0, 0.1) is 5.92 Å². The maximum atomic E-state index is 12.9. The molecule has 3 N–H and O–H groups in total. The van der Waals surface area contributed by atoms with Gasteiger partial charge in [0.25, 0.3) is 11.8 Å². The van der Waals surface area contributed by atoms with Crippen molar-refractivity contribution in [3.63, 3.8) is 0 Å². The number of β-amino-alcohol motifs (C(OH)–C–C–N with tert-alkyl or cyclic N) is 1. The number of aliphatic hydroxyl groups is 1. The maximum Gasteiger partial charge on any atom is 0.274 e. The molecule has 2 aliphatic heterocycles. The van der Waals surface area contributed by atoms with Crippen LogP contribution in [0.4, 0.5) is 5.82 Å². The van der Waals surface area contributed by atoms with Crippen molar-refractivity contribution in [3.05, 3.63) is 47.4 Å². The summed E-state index contributed by atoms with van der Waals surface area (Å²) in [6.45, 7) is 3.34. The van der Waals surface area contributed by atoms with Gasteiger partial charge >= 0.3 is 0 Å². The maximum absolute atomic E-state index is 12.9. The predicted octanol–water partition coefficient (Wildman–Crippen LogP) is 1.55. The van der Waals surface area contributed by atoms with Crippen LogP contribution in [0.2, 0.25) is 0 Å². The van der Waals surface area contributed by atoms with E-state index in [0.29, 0.717) is 31.2 Å². The third-order valence-corrected chi connectivity index (χ3v) is 6.92. The summed E-state index contributed by atoms with van der Waals surface area (Å²) in [7, 11) is 0. The number of carbonyl (C=O) groups is 2. The van der Waals surface area contributed by atoms with E-state index in [-0.39, 0.29) is 29.4 Å². The molecule has 2 aromatic heterocycles. The summed E-state index contributed by atoms with van der Waals surface area (Å²) in [6, 6.07) is 6.08. The van der Waals surface area contributed by atoms with Gasteiger partial charge in [0.2, 0.25) is 0 Å². The highest BCUT2D eigenvalue weighted by Gasteiger charge is 2.38. The van der Waals surface area contributed by atoms with E-state index in [9.17, 15) is 14.7 Å². The first-order valence-electron chi connectivity index (χ1n) is 11.0. The predicted molar refractivity (Wildman–Crippen MR) is 117 cm³/mol. The Morgan fingerprint density at radius 3 is 2.78 bits per heavy atom. The highest BCUT2D eigenvalue weighted by Crippen LogP contribution is 2.39. The van der Waals surface area contributed by atoms with Crippen molar-refractivity contribution in [1.29, 1.82) is 0 Å². The summed E-state index contributed by atoms with van der Waals surface area (Å²) < 4.78 is 1.77. The molecule has 32 heavy (non-hydrogen) atoms. The molecule has 1 aliphatic carbocycles. The lowest BCUT2D eigenvalue weighted by Crippen LogP contribution is -2.53. The summed E-state index contributed by atoms with van der Waals surface area (Å²) >= 11 is 0. The first-order chi connectivity index (χ1) is 15.4. The quantitative estimate of drug-likeness (QED) is 0.646. The number of amides is 2. The Kier molecular flexibility index (Phi) is 4.07. The minimum Gasteiger partial charge on any atom is -0.389 e. The van der Waals surface area contributed by atoms with E-state index in [4.69, 9.17) is 5.73 Å². The third kappa shape index (κ3) is 2.88. The number of nitrogens with zero attached hydrogens (tertiary/aromatic N) is 5. The van der Waals surface area contributed by atoms with Gasteiger partial charge in [0.15, 0.2) is 11.5 Å². The van der Waals surface area contributed by atoms with Gasteiger partial charge in [0.05, 0.1) is 18.0 Å². The van der Waals surface area contributed by atoms with Crippen molar-refractivity contribution < 1.29 is 14.7 Å². The second-order valence-electron chi connectivity index (χ2n) is 9.10. The molecule has 6 rings (SSSR count). The topological polar surface area (TPSA) is 117 Å². The summed E-state index contributed by atoms with van der Waals surface area (Å²) in [5.41, 5.74) is 10.2. The first kappa shape index (κ1) is 19.2. The lowest BCUT2D eigenvalue weighted by atomic mass is 10.0. The number of aromatic nitrogens is 3. The first-order valence-corrected chi connectivity index (χ1v) is 11.0. The number of fused-ring (bicyclic) bond motifs is 2. The van der Waals surface area contributed by atoms with Crippen LogP contribution in [0.5, 0.6) is 0 Å². The molecule has 1 aromatic carbocycles. The van der Waals surface area contributed by atoms with Crippen molar-refractivity contribution in [2.75, 3.05) is 18.8 Å². The monoisotopic (exact) mass is 432 g/mol. The van der Waals surface area contributed by atoms with Gasteiger partial charge < -0.3 is 20.6 Å². The van der Waals surface area contributed by atoms with Gasteiger partial charge in [-0.15, -0.1) is 0 Å². The third-order valence-electron chi connectivity index (χ3n) is 6.92. The van der Waals surface area contributed by atoms with Crippen molar-refractivity contribution in [2.45, 2.75) is 38.5 Å². The highest BCUT2D eigenvalue weighted by molar-refractivity contribution is 5.99. The Bertz CT molecular complexity index is 1270. The number of benzene rings is 1. The molecule has 2 amide bonds. The fraction of sp³-hybridized carbons (Fsp3) is 0.391. The van der Waals surface area contributed by atoms with E-state index in [0.717, 1.165) is 22.4 Å². The van der Waals surface area contributed by atoms with Gasteiger partial charge in [-0.1, -0.05) is 6.07 Å². The Labute approximate surface area is 184 Å². The Morgan fingerprint density at radius 2 is 2.06 bits per heavy atom. The van der Waals surface area contributed by atoms with Crippen molar-refractivity contribution >= 4 is 23.3 Å². The van der Waals surface area contributed by atoms with Crippen LogP contribution in [-0.2, 0) is 6.54 Å². The second kappa shape index (κ2) is 6.77. The number of anilines is 1. The summed E-state index contributed by atoms with van der Waals surface area (Å²) in [5.74, 6) is 0.615. The van der Waals surface area contributed by atoms with E-state index in [2.05, 4.69) is 16.9 Å². The number of rotatable bonds is 4. The van der Waals surface area contributed by atoms with Crippen molar-refractivity contribution in [2.24, 2.45) is 5.92 Å². The van der Waals surface area contributed by atoms with Crippen LogP contribution in [0.3, 0.4) is 0 Å². The van der Waals surface area contributed by atoms with Crippen molar-refractivity contribution in [1.82, 2.24) is 24.2 Å². The molecule has 4 heterocycles. The number of aliphatic hydroxyl groups excluding tert-OH is 1. The zero-order valence-corrected chi connectivity index (χ0v) is 17.7. The lowest BCUT2D eigenvalue weighted by molar-refractivity contribution is 0.00548. The number of likely N-dealkylation sites (tertiary alicyclic amines) is 1. The molecule has 0 bridgehead atoms. The fourth-order valence-corrected chi connectivity index (χ4v) is 4.78. The molecule has 2 fully saturated rings. The van der Waals surface area contributed by atoms with Crippen LogP contribution < -0.4 is 5.73 Å². The number of hydrogen-bond donors (Lipinski definition) is 2. The molecule has 1 atom stereocenters. The SMILES string of the molecule is C[C@@H](C1CC1)N1Cc2cc(-c3cnc4c(N)nc(C(=O)N5CC(O)C5)cn34)ccc2C1=O. The number of hydrogen-bond acceptors (Lipinski definition) is 6. The molecular weight excluding hydrogens is 408 g/mol. The van der Waals surface area contributed by atoms with Crippen LogP contribution in [0.1, 0.15) is 46.2 Å². The van der Waals surface area contributed by atoms with E-state index in [1.807, 2.05) is 23.1 Å². The molecule has 9 nitrogen and oxygen atoms in total. The number of nitrogens with two attached hydrogens (primary N) is 1. The van der Waals surface area contributed by atoms with Gasteiger partial charge in [-0.3, -0.25) is 14.0 Å². The Morgan fingerprint density at radius 1 is 1.28 bits per heavy atom. The van der Waals surface area contributed by atoms with E-state index in [1.54, 1.807) is 16.8 Å². The summed E-state index contributed by atoms with van der Waals surface area (Å²) in [4.78, 5) is 37.7. The minimum atomic E-state index is -0.486.